The van der Waals surface area contributed by atoms with Crippen LogP contribution in [0.2, 0.25) is 0 Å². The predicted molar refractivity (Wildman–Crippen MR) is 56.2 cm³/mol. The maximum Gasteiger partial charge on any atom is 0.201 e. The van der Waals surface area contributed by atoms with Gasteiger partial charge in [-0.05, 0) is 18.3 Å². The maximum atomic E-state index is 10.7. The van der Waals surface area contributed by atoms with Crippen LogP contribution in [0.4, 0.5) is 0 Å². The zero-order chi connectivity index (χ0) is 10.7. The number of hydrogen-bond acceptors (Lipinski definition) is 2. The quantitative estimate of drug-likeness (QED) is 0.689. The van der Waals surface area contributed by atoms with Crippen molar-refractivity contribution in [2.24, 2.45) is 5.41 Å². The van der Waals surface area contributed by atoms with Crippen LogP contribution < -0.4 is 4.72 Å². The summed E-state index contributed by atoms with van der Waals surface area (Å²) in [6.45, 7) is 10.2. The fourth-order valence-electron chi connectivity index (χ4n) is 1.81. The van der Waals surface area contributed by atoms with Gasteiger partial charge in [0, 0.05) is 5.54 Å². The van der Waals surface area contributed by atoms with Crippen molar-refractivity contribution in [3.05, 3.63) is 0 Å². The van der Waals surface area contributed by atoms with Gasteiger partial charge < -0.3 is 0 Å². The summed E-state index contributed by atoms with van der Waals surface area (Å²) in [6, 6.07) is 0. The van der Waals surface area contributed by atoms with Gasteiger partial charge in [0.25, 0.3) is 0 Å². The smallest absolute Gasteiger partial charge is 0.201 e. The van der Waals surface area contributed by atoms with Gasteiger partial charge in [0.2, 0.25) is 10.9 Å². The first-order chi connectivity index (χ1) is 5.79. The van der Waals surface area contributed by atoms with Gasteiger partial charge in [-0.25, -0.2) is 13.1 Å². The molecule has 0 saturated carbocycles. The highest BCUT2D eigenvalue weighted by molar-refractivity contribution is 7.70. The van der Waals surface area contributed by atoms with Crippen molar-refractivity contribution in [1.29, 1.82) is 0 Å². The van der Waals surface area contributed by atoms with Crippen molar-refractivity contribution < 1.29 is 8.42 Å². The Bertz CT molecular complexity index is 216. The highest BCUT2D eigenvalue weighted by Crippen LogP contribution is 2.35. The number of hydrogen-bond donors (Lipinski definition) is 2. The average Bonchev–Trinajstić information content (AvgIpc) is 1.97. The lowest BCUT2D eigenvalue weighted by Crippen LogP contribution is -2.53. The third-order valence-corrected chi connectivity index (χ3v) is 3.56. The minimum atomic E-state index is -2.51. The molecule has 0 aromatic rings. The van der Waals surface area contributed by atoms with Crippen molar-refractivity contribution in [3.8, 4) is 0 Å². The van der Waals surface area contributed by atoms with E-state index in [9.17, 15) is 8.42 Å². The van der Waals surface area contributed by atoms with Crippen LogP contribution in [0, 0.1) is 5.41 Å². The van der Waals surface area contributed by atoms with Crippen molar-refractivity contribution in [1.82, 2.24) is 4.72 Å². The van der Waals surface area contributed by atoms with Crippen LogP contribution in [0.1, 0.15) is 47.5 Å². The van der Waals surface area contributed by atoms with E-state index in [1.165, 1.54) is 0 Å². The summed E-state index contributed by atoms with van der Waals surface area (Å²) in [5.41, 5.74) is -0.353. The molecule has 0 aromatic carbocycles. The fourth-order valence-corrected chi connectivity index (χ4v) is 2.81. The van der Waals surface area contributed by atoms with E-state index in [4.69, 9.17) is 0 Å². The van der Waals surface area contributed by atoms with E-state index in [1.54, 1.807) is 0 Å². The normalized spacial score (nSPS) is 13.7. The molecule has 0 aliphatic heterocycles. The Labute approximate surface area is 83.0 Å². The minimum Gasteiger partial charge on any atom is -0.215 e. The van der Waals surface area contributed by atoms with Gasteiger partial charge in [-0.3, -0.25) is 0 Å². The molecule has 0 aliphatic rings. The topological polar surface area (TPSA) is 46.2 Å². The van der Waals surface area contributed by atoms with Crippen molar-refractivity contribution in [3.63, 3.8) is 0 Å². The Balaban J connectivity index is 4.91. The van der Waals surface area contributed by atoms with Crippen LogP contribution in [-0.2, 0) is 10.9 Å². The molecule has 0 amide bonds. The summed E-state index contributed by atoms with van der Waals surface area (Å²) in [7, 11) is -2.51. The number of nitrogens with one attached hydrogen (secondary N) is 1. The molecule has 0 rings (SSSR count). The van der Waals surface area contributed by atoms with Crippen molar-refractivity contribution in [2.45, 2.75) is 53.0 Å². The molecular formula is C9H21NO2S. The molecule has 0 aliphatic carbocycles. The third kappa shape index (κ3) is 2.95. The number of thiol groups is 1. The van der Waals surface area contributed by atoms with Crippen molar-refractivity contribution >= 4 is 10.9 Å². The fraction of sp³-hybridized carbons (Fsp3) is 1.00. The molecule has 0 spiro atoms. The molecule has 1 N–H and O–H groups in total. The first-order valence-electron chi connectivity index (χ1n) is 4.71. The van der Waals surface area contributed by atoms with Gasteiger partial charge in [-0.1, -0.05) is 34.6 Å². The first kappa shape index (κ1) is 12.9. The van der Waals surface area contributed by atoms with Crippen LogP contribution in [0.25, 0.3) is 0 Å². The second-order valence-corrected chi connectivity index (χ2v) is 5.15. The van der Waals surface area contributed by atoms with Crippen LogP contribution in [0.3, 0.4) is 0 Å². The minimum absolute atomic E-state index is 0.0497. The van der Waals surface area contributed by atoms with Crippen LogP contribution in [-0.4, -0.2) is 14.0 Å². The monoisotopic (exact) mass is 207 g/mol. The predicted octanol–water partition coefficient (Wildman–Crippen LogP) is 1.71. The van der Waals surface area contributed by atoms with Crippen LogP contribution >= 0.6 is 0 Å². The van der Waals surface area contributed by atoms with Gasteiger partial charge in [-0.2, -0.15) is 0 Å². The highest BCUT2D eigenvalue weighted by atomic mass is 32.2. The van der Waals surface area contributed by atoms with E-state index in [-0.39, 0.29) is 11.0 Å². The molecule has 0 aromatic heterocycles. The molecule has 0 radical (unpaired) electrons. The number of rotatable bonds is 4. The molecular weight excluding hydrogens is 186 g/mol. The average molecular weight is 207 g/mol. The van der Waals surface area contributed by atoms with Crippen LogP contribution in [0.5, 0.6) is 0 Å². The molecule has 0 atom stereocenters. The van der Waals surface area contributed by atoms with E-state index in [1.807, 2.05) is 13.8 Å². The third-order valence-electron chi connectivity index (χ3n) is 2.95. The Kier molecular flexibility index (Phi) is 4.39. The van der Waals surface area contributed by atoms with Gasteiger partial charge in [-0.15, -0.1) is 0 Å². The van der Waals surface area contributed by atoms with Gasteiger partial charge in [0.15, 0.2) is 0 Å². The molecule has 0 fully saturated rings. The standard InChI is InChI=1S/C9H21NO2S/c1-6-9(7-2,8(3,4)5)10-13(11)12/h13H,6-7H2,1-5H3,(H,10,11,12). The SMILES string of the molecule is CCC(CC)(N[SH](=O)=O)C(C)(C)C. The lowest BCUT2D eigenvalue weighted by molar-refractivity contribution is 0.154. The maximum absolute atomic E-state index is 10.7. The zero-order valence-corrected chi connectivity index (χ0v) is 10.1. The van der Waals surface area contributed by atoms with Gasteiger partial charge in [0.05, 0.1) is 0 Å². The Morgan fingerprint density at radius 3 is 1.54 bits per heavy atom. The van der Waals surface area contributed by atoms with E-state index in [0.717, 1.165) is 12.8 Å². The summed E-state index contributed by atoms with van der Waals surface area (Å²) >= 11 is 0. The van der Waals surface area contributed by atoms with Gasteiger partial charge >= 0.3 is 0 Å². The lowest BCUT2D eigenvalue weighted by atomic mass is 9.71. The Morgan fingerprint density at radius 1 is 1.08 bits per heavy atom. The van der Waals surface area contributed by atoms with E-state index < -0.39 is 10.9 Å². The second kappa shape index (κ2) is 4.42. The zero-order valence-electron chi connectivity index (χ0n) is 9.18. The molecule has 80 valence electrons. The van der Waals surface area contributed by atoms with Crippen LogP contribution in [0.15, 0.2) is 0 Å². The lowest BCUT2D eigenvalue weighted by Gasteiger charge is -2.42. The summed E-state index contributed by atoms with van der Waals surface area (Å²) in [4.78, 5) is 0. The van der Waals surface area contributed by atoms with E-state index in [0.29, 0.717) is 0 Å². The highest BCUT2D eigenvalue weighted by Gasteiger charge is 2.39. The van der Waals surface area contributed by atoms with E-state index >= 15 is 0 Å². The Morgan fingerprint density at radius 2 is 1.46 bits per heavy atom. The molecule has 4 heteroatoms. The molecule has 0 heterocycles. The Hall–Kier alpha value is -0.0900. The first-order valence-corrected chi connectivity index (χ1v) is 5.89. The summed E-state index contributed by atoms with van der Waals surface area (Å²) < 4.78 is 24.1. The molecule has 3 nitrogen and oxygen atoms in total. The molecule has 0 bridgehead atoms. The second-order valence-electron chi connectivity index (χ2n) is 4.41. The van der Waals surface area contributed by atoms with Gasteiger partial charge in [0.1, 0.15) is 0 Å². The molecule has 0 saturated heterocycles. The largest absolute Gasteiger partial charge is 0.215 e. The van der Waals surface area contributed by atoms with E-state index in [2.05, 4.69) is 25.5 Å². The molecule has 13 heavy (non-hydrogen) atoms. The summed E-state index contributed by atoms with van der Waals surface area (Å²) in [5.74, 6) is 0. The summed E-state index contributed by atoms with van der Waals surface area (Å²) in [5, 5.41) is 0. The summed E-state index contributed by atoms with van der Waals surface area (Å²) in [6.07, 6.45) is 1.63. The molecule has 0 unspecified atom stereocenters. The van der Waals surface area contributed by atoms with Crippen molar-refractivity contribution in [2.75, 3.05) is 0 Å².